The molecule has 0 spiro atoms. The summed E-state index contributed by atoms with van der Waals surface area (Å²) < 4.78 is 0. The standard InChI is InChI=1S/C27H35NO3/c1-8-26(4,5)19-13-15-22(27(6,7)9-2)25(17-19)31-28(18(3)29)23-12-10-11-21-20(23)14-16-24(21)30/h10-13,15,17H,8-9,14,16H2,1-7H3. The molecule has 0 atom stereocenters. The van der Waals surface area contributed by atoms with Crippen LogP contribution < -0.4 is 9.90 Å². The van der Waals surface area contributed by atoms with Gasteiger partial charge in [0.15, 0.2) is 11.5 Å². The number of rotatable bonds is 7. The van der Waals surface area contributed by atoms with E-state index in [0.29, 0.717) is 29.8 Å². The monoisotopic (exact) mass is 421 g/mol. The lowest BCUT2D eigenvalue weighted by Crippen LogP contribution is -2.34. The molecule has 2 aromatic rings. The molecular formula is C27H35NO3. The van der Waals surface area contributed by atoms with E-state index in [-0.39, 0.29) is 22.5 Å². The van der Waals surface area contributed by atoms with E-state index in [1.54, 1.807) is 0 Å². The maximum Gasteiger partial charge on any atom is 0.256 e. The van der Waals surface area contributed by atoms with Gasteiger partial charge in [0.05, 0.1) is 5.69 Å². The van der Waals surface area contributed by atoms with E-state index in [1.807, 2.05) is 18.2 Å². The van der Waals surface area contributed by atoms with Gasteiger partial charge in [-0.1, -0.05) is 65.8 Å². The Morgan fingerprint density at radius 2 is 1.68 bits per heavy atom. The first-order valence-corrected chi connectivity index (χ1v) is 11.3. The molecule has 0 radical (unpaired) electrons. The topological polar surface area (TPSA) is 46.6 Å². The second-order valence-corrected chi connectivity index (χ2v) is 9.82. The van der Waals surface area contributed by atoms with Crippen molar-refractivity contribution < 1.29 is 14.4 Å². The number of nitrogens with zero attached hydrogens (tertiary/aromatic N) is 1. The van der Waals surface area contributed by atoms with Crippen LogP contribution in [0.1, 0.15) is 94.8 Å². The van der Waals surface area contributed by atoms with Gasteiger partial charge in [-0.15, -0.1) is 5.06 Å². The summed E-state index contributed by atoms with van der Waals surface area (Å²) >= 11 is 0. The Hall–Kier alpha value is -2.62. The molecule has 3 rings (SSSR count). The van der Waals surface area contributed by atoms with Gasteiger partial charge in [0.2, 0.25) is 0 Å². The highest BCUT2D eigenvalue weighted by atomic mass is 16.7. The predicted molar refractivity (Wildman–Crippen MR) is 126 cm³/mol. The number of ketones is 1. The normalized spacial score (nSPS) is 13.8. The maximum absolute atomic E-state index is 12.7. The van der Waals surface area contributed by atoms with Gasteiger partial charge in [-0.25, -0.2) is 0 Å². The number of hydrogen-bond acceptors (Lipinski definition) is 3. The van der Waals surface area contributed by atoms with Crippen molar-refractivity contribution in [3.8, 4) is 5.75 Å². The fraction of sp³-hybridized carbons (Fsp3) is 0.481. The zero-order chi connectivity index (χ0) is 23.0. The minimum Gasteiger partial charge on any atom is -0.372 e. The van der Waals surface area contributed by atoms with E-state index < -0.39 is 0 Å². The molecule has 0 saturated heterocycles. The summed E-state index contributed by atoms with van der Waals surface area (Å²) in [5, 5.41) is 1.37. The van der Waals surface area contributed by atoms with Crippen molar-refractivity contribution >= 4 is 17.4 Å². The highest BCUT2D eigenvalue weighted by Gasteiger charge is 2.30. The molecule has 4 heteroatoms. The van der Waals surface area contributed by atoms with Crippen molar-refractivity contribution in [2.24, 2.45) is 0 Å². The van der Waals surface area contributed by atoms with Crippen LogP contribution in [0.15, 0.2) is 36.4 Å². The molecule has 1 amide bonds. The molecule has 1 aliphatic rings. The average molecular weight is 422 g/mol. The van der Waals surface area contributed by atoms with Crippen molar-refractivity contribution in [3.05, 3.63) is 58.7 Å². The molecule has 31 heavy (non-hydrogen) atoms. The summed E-state index contributed by atoms with van der Waals surface area (Å²) in [5.74, 6) is 0.607. The quantitative estimate of drug-likeness (QED) is 0.477. The van der Waals surface area contributed by atoms with Gasteiger partial charge in [-0.05, 0) is 53.4 Å². The van der Waals surface area contributed by atoms with Crippen LogP contribution in [0.3, 0.4) is 0 Å². The van der Waals surface area contributed by atoms with E-state index in [4.69, 9.17) is 4.84 Å². The third-order valence-electron chi connectivity index (χ3n) is 7.01. The van der Waals surface area contributed by atoms with Crippen molar-refractivity contribution in [3.63, 3.8) is 0 Å². The van der Waals surface area contributed by atoms with E-state index in [0.717, 1.165) is 24.0 Å². The zero-order valence-corrected chi connectivity index (χ0v) is 20.0. The summed E-state index contributed by atoms with van der Waals surface area (Å²) in [6.07, 6.45) is 3.04. The van der Waals surface area contributed by atoms with Crippen molar-refractivity contribution in [1.29, 1.82) is 0 Å². The number of carbonyl (C=O) groups is 2. The molecular weight excluding hydrogens is 386 g/mol. The number of hydroxylamine groups is 1. The van der Waals surface area contributed by atoms with Crippen LogP contribution in [0.4, 0.5) is 5.69 Å². The fourth-order valence-corrected chi connectivity index (χ4v) is 4.02. The lowest BCUT2D eigenvalue weighted by molar-refractivity contribution is -0.120. The second kappa shape index (κ2) is 8.49. The summed E-state index contributed by atoms with van der Waals surface area (Å²) in [5.41, 5.74) is 4.39. The number of benzene rings is 2. The zero-order valence-electron chi connectivity index (χ0n) is 20.0. The number of Topliss-reactive ketones (excluding diaryl/α,β-unsaturated/α-hetero) is 1. The van der Waals surface area contributed by atoms with Gasteiger partial charge in [0.1, 0.15) is 0 Å². The number of hydrogen-bond donors (Lipinski definition) is 0. The molecule has 0 unspecified atom stereocenters. The van der Waals surface area contributed by atoms with Crippen LogP contribution in [-0.4, -0.2) is 11.7 Å². The lowest BCUT2D eigenvalue weighted by atomic mass is 9.77. The molecule has 0 saturated carbocycles. The molecule has 0 bridgehead atoms. The van der Waals surface area contributed by atoms with Crippen molar-refractivity contribution in [2.45, 2.75) is 85.0 Å². The van der Waals surface area contributed by atoms with Gasteiger partial charge in [-0.3, -0.25) is 9.59 Å². The van der Waals surface area contributed by atoms with Crippen LogP contribution >= 0.6 is 0 Å². The first-order valence-electron chi connectivity index (χ1n) is 11.3. The number of fused-ring (bicyclic) bond motifs is 1. The third kappa shape index (κ3) is 4.39. The highest BCUT2D eigenvalue weighted by molar-refractivity contribution is 6.03. The lowest BCUT2D eigenvalue weighted by Gasteiger charge is -2.32. The smallest absolute Gasteiger partial charge is 0.256 e. The molecule has 2 aromatic carbocycles. The van der Waals surface area contributed by atoms with Crippen molar-refractivity contribution in [1.82, 2.24) is 0 Å². The van der Waals surface area contributed by atoms with Crippen LogP contribution in [-0.2, 0) is 22.0 Å². The van der Waals surface area contributed by atoms with E-state index in [2.05, 4.69) is 59.7 Å². The molecule has 1 aliphatic carbocycles. The van der Waals surface area contributed by atoms with Crippen molar-refractivity contribution in [2.75, 3.05) is 5.06 Å². The largest absolute Gasteiger partial charge is 0.372 e. The summed E-state index contributed by atoms with van der Waals surface area (Å²) in [7, 11) is 0. The Balaban J connectivity index is 2.13. The molecule has 0 heterocycles. The maximum atomic E-state index is 12.7. The molecule has 0 aromatic heterocycles. The minimum atomic E-state index is -0.215. The van der Waals surface area contributed by atoms with Crippen LogP contribution in [0, 0.1) is 0 Å². The Bertz CT molecular complexity index is 1000. The average Bonchev–Trinajstić information content (AvgIpc) is 3.12. The molecule has 166 valence electrons. The summed E-state index contributed by atoms with van der Waals surface area (Å²) in [6, 6.07) is 11.9. The second-order valence-electron chi connectivity index (χ2n) is 9.82. The third-order valence-corrected chi connectivity index (χ3v) is 7.01. The Labute approximate surface area is 186 Å². The van der Waals surface area contributed by atoms with E-state index in [1.165, 1.54) is 17.6 Å². The number of anilines is 1. The van der Waals surface area contributed by atoms with Gasteiger partial charge in [0.25, 0.3) is 5.91 Å². The van der Waals surface area contributed by atoms with Gasteiger partial charge in [-0.2, -0.15) is 0 Å². The molecule has 0 aliphatic heterocycles. The summed E-state index contributed by atoms with van der Waals surface area (Å²) in [6.45, 7) is 14.7. The Morgan fingerprint density at radius 3 is 2.29 bits per heavy atom. The Kier molecular flexibility index (Phi) is 6.31. The minimum absolute atomic E-state index is 0.00549. The van der Waals surface area contributed by atoms with Gasteiger partial charge < -0.3 is 4.84 Å². The van der Waals surface area contributed by atoms with Gasteiger partial charge in [0, 0.05) is 24.5 Å². The van der Waals surface area contributed by atoms with Crippen LogP contribution in [0.5, 0.6) is 5.75 Å². The first kappa shape index (κ1) is 23.1. The Morgan fingerprint density at radius 1 is 1.00 bits per heavy atom. The molecule has 0 fully saturated rings. The number of carbonyl (C=O) groups excluding carboxylic acids is 2. The molecule has 0 N–H and O–H groups in total. The fourth-order valence-electron chi connectivity index (χ4n) is 4.02. The van der Waals surface area contributed by atoms with Crippen LogP contribution in [0.2, 0.25) is 0 Å². The number of amides is 1. The highest BCUT2D eigenvalue weighted by Crippen LogP contribution is 2.40. The van der Waals surface area contributed by atoms with Gasteiger partial charge >= 0.3 is 0 Å². The predicted octanol–water partition coefficient (Wildman–Crippen LogP) is 6.54. The SMILES string of the molecule is CCC(C)(C)c1ccc(C(C)(C)CC)c(ON(C(C)=O)c2cccc3c2CCC3=O)c1. The first-order chi connectivity index (χ1) is 14.5. The molecule has 4 nitrogen and oxygen atoms in total. The van der Waals surface area contributed by atoms with Crippen LogP contribution in [0.25, 0.3) is 0 Å². The summed E-state index contributed by atoms with van der Waals surface area (Å²) in [4.78, 5) is 31.3. The van der Waals surface area contributed by atoms with E-state index in [9.17, 15) is 9.59 Å². The van der Waals surface area contributed by atoms with E-state index >= 15 is 0 Å².